The molecule has 1 aromatic heterocycles. The first-order valence-corrected chi connectivity index (χ1v) is 7.33. The fourth-order valence-corrected chi connectivity index (χ4v) is 2.80. The minimum absolute atomic E-state index is 0.0953. The van der Waals surface area contributed by atoms with Crippen LogP contribution in [0, 0.1) is 11.6 Å². The second-order valence-corrected chi connectivity index (χ2v) is 5.50. The Bertz CT molecular complexity index is 724. The van der Waals surface area contributed by atoms with Gasteiger partial charge in [-0.25, -0.2) is 13.8 Å². The summed E-state index contributed by atoms with van der Waals surface area (Å²) < 4.78 is 28.0. The van der Waals surface area contributed by atoms with E-state index in [1.165, 1.54) is 11.8 Å². The van der Waals surface area contributed by atoms with E-state index in [1.54, 1.807) is 0 Å². The molecule has 3 rings (SSSR count). The number of benzene rings is 1. The molecule has 4 nitrogen and oxygen atoms in total. The van der Waals surface area contributed by atoms with E-state index >= 15 is 0 Å². The second kappa shape index (κ2) is 5.87. The predicted octanol–water partition coefficient (Wildman–Crippen LogP) is 2.51. The number of aromatic nitrogens is 2. The Kier molecular flexibility index (Phi) is 3.92. The van der Waals surface area contributed by atoms with Crippen molar-refractivity contribution in [3.8, 4) is 0 Å². The summed E-state index contributed by atoms with van der Waals surface area (Å²) >= 11 is 0. The molecule has 1 aliphatic carbocycles. The number of carbonyl (C=O) groups excluding carboxylic acids is 1. The van der Waals surface area contributed by atoms with Gasteiger partial charge in [0.05, 0.1) is 12.2 Å². The van der Waals surface area contributed by atoms with E-state index in [0.29, 0.717) is 0 Å². The molecule has 0 bridgehead atoms. The van der Waals surface area contributed by atoms with Gasteiger partial charge in [-0.3, -0.25) is 4.79 Å². The van der Waals surface area contributed by atoms with E-state index in [-0.39, 0.29) is 12.1 Å². The predicted molar refractivity (Wildman–Crippen MR) is 77.4 cm³/mol. The third-order valence-corrected chi connectivity index (χ3v) is 4.06. The molecule has 0 spiro atoms. The van der Waals surface area contributed by atoms with Crippen LogP contribution in [0.3, 0.4) is 0 Å². The number of fused-ring (bicyclic) bond motifs is 1. The molecule has 2 aromatic rings. The molecule has 0 saturated heterocycles. The fourth-order valence-electron chi connectivity index (χ4n) is 2.80. The molecule has 1 N–H and O–H groups in total. The highest BCUT2D eigenvalue weighted by Crippen LogP contribution is 2.21. The smallest absolute Gasteiger partial charge is 0.251 e. The lowest BCUT2D eigenvalue weighted by molar-refractivity contribution is 0.0949. The highest BCUT2D eigenvalue weighted by Gasteiger charge is 2.18. The van der Waals surface area contributed by atoms with E-state index in [9.17, 15) is 13.6 Å². The second-order valence-electron chi connectivity index (χ2n) is 5.50. The Morgan fingerprint density at radius 3 is 2.77 bits per heavy atom. The van der Waals surface area contributed by atoms with Crippen molar-refractivity contribution in [2.75, 3.05) is 0 Å². The Morgan fingerprint density at radius 1 is 1.27 bits per heavy atom. The third kappa shape index (κ3) is 2.73. The van der Waals surface area contributed by atoms with Gasteiger partial charge in [-0.2, -0.15) is 0 Å². The topological polar surface area (TPSA) is 46.9 Å². The fraction of sp³-hybridized carbons (Fsp3) is 0.375. The van der Waals surface area contributed by atoms with Crippen molar-refractivity contribution in [2.45, 2.75) is 32.2 Å². The number of carbonyl (C=O) groups is 1. The van der Waals surface area contributed by atoms with Gasteiger partial charge in [-0.15, -0.1) is 0 Å². The molecule has 0 fully saturated rings. The number of hydrogen-bond donors (Lipinski definition) is 1. The van der Waals surface area contributed by atoms with E-state index < -0.39 is 17.5 Å². The maximum atomic E-state index is 13.2. The van der Waals surface area contributed by atoms with Crippen molar-refractivity contribution in [2.24, 2.45) is 7.05 Å². The van der Waals surface area contributed by atoms with E-state index in [4.69, 9.17) is 0 Å². The Hall–Kier alpha value is -2.24. The van der Waals surface area contributed by atoms with Crippen LogP contribution in [-0.2, 0) is 26.4 Å². The standard InChI is InChI=1S/C16H17F2N3O/c1-21-14-5-3-2-4-13(14)20-15(21)9-19-16(22)10-6-7-11(17)12(18)8-10/h6-8H,2-5,9H2,1H3,(H,19,22). The van der Waals surface area contributed by atoms with Gasteiger partial charge in [0.25, 0.3) is 5.91 Å². The number of imidazole rings is 1. The highest BCUT2D eigenvalue weighted by molar-refractivity contribution is 5.94. The molecule has 22 heavy (non-hydrogen) atoms. The summed E-state index contributed by atoms with van der Waals surface area (Å²) in [6.45, 7) is 0.265. The summed E-state index contributed by atoms with van der Waals surface area (Å²) in [5, 5.41) is 2.70. The summed E-state index contributed by atoms with van der Waals surface area (Å²) in [5.41, 5.74) is 2.42. The molecule has 1 aromatic carbocycles. The van der Waals surface area contributed by atoms with Crippen LogP contribution in [0.25, 0.3) is 0 Å². The number of nitrogens with one attached hydrogen (secondary N) is 1. The molecule has 1 amide bonds. The lowest BCUT2D eigenvalue weighted by atomic mass is 10.0. The molecular weight excluding hydrogens is 288 g/mol. The average Bonchev–Trinajstić information content (AvgIpc) is 2.84. The Balaban J connectivity index is 1.71. The number of rotatable bonds is 3. The molecule has 0 atom stereocenters. The molecule has 1 heterocycles. The van der Waals surface area contributed by atoms with Gasteiger partial charge in [-0.05, 0) is 43.9 Å². The van der Waals surface area contributed by atoms with Gasteiger partial charge in [0, 0.05) is 18.3 Å². The van der Waals surface area contributed by atoms with Crippen LogP contribution in [0.1, 0.15) is 40.4 Å². The first-order valence-electron chi connectivity index (χ1n) is 7.33. The largest absolute Gasteiger partial charge is 0.345 e. The first-order chi connectivity index (χ1) is 10.6. The molecule has 0 radical (unpaired) electrons. The summed E-state index contributed by atoms with van der Waals surface area (Å²) in [6, 6.07) is 3.11. The maximum absolute atomic E-state index is 13.2. The van der Waals surface area contributed by atoms with Crippen LogP contribution in [0.4, 0.5) is 8.78 Å². The van der Waals surface area contributed by atoms with Crippen molar-refractivity contribution in [1.82, 2.24) is 14.9 Å². The number of amides is 1. The van der Waals surface area contributed by atoms with Crippen LogP contribution in [-0.4, -0.2) is 15.5 Å². The van der Waals surface area contributed by atoms with Gasteiger partial charge in [0.1, 0.15) is 5.82 Å². The summed E-state index contributed by atoms with van der Waals surface area (Å²) in [7, 11) is 1.94. The van der Waals surface area contributed by atoms with Crippen molar-refractivity contribution >= 4 is 5.91 Å². The minimum atomic E-state index is -1.03. The van der Waals surface area contributed by atoms with Gasteiger partial charge >= 0.3 is 0 Å². The van der Waals surface area contributed by atoms with Gasteiger partial charge in [-0.1, -0.05) is 0 Å². The van der Waals surface area contributed by atoms with E-state index in [2.05, 4.69) is 10.3 Å². The average molecular weight is 305 g/mol. The molecule has 0 unspecified atom stereocenters. The van der Waals surface area contributed by atoms with Gasteiger partial charge < -0.3 is 9.88 Å². The first kappa shape index (κ1) is 14.7. The van der Waals surface area contributed by atoms with Gasteiger partial charge in [0.2, 0.25) is 0 Å². The molecule has 1 aliphatic rings. The Morgan fingerprint density at radius 2 is 2.05 bits per heavy atom. The normalized spacial score (nSPS) is 13.8. The monoisotopic (exact) mass is 305 g/mol. The van der Waals surface area contributed by atoms with Crippen molar-refractivity contribution in [3.63, 3.8) is 0 Å². The molecule has 0 aliphatic heterocycles. The quantitative estimate of drug-likeness (QED) is 0.947. The lowest BCUT2D eigenvalue weighted by Gasteiger charge is -2.11. The van der Waals surface area contributed by atoms with Crippen molar-refractivity contribution < 1.29 is 13.6 Å². The highest BCUT2D eigenvalue weighted by atomic mass is 19.2. The zero-order valence-electron chi connectivity index (χ0n) is 12.3. The zero-order valence-corrected chi connectivity index (χ0v) is 12.3. The molecule has 0 saturated carbocycles. The number of nitrogens with zero attached hydrogens (tertiary/aromatic N) is 2. The summed E-state index contributed by atoms with van der Waals surface area (Å²) in [6.07, 6.45) is 4.29. The molecule has 116 valence electrons. The van der Waals surface area contributed by atoms with Crippen LogP contribution < -0.4 is 5.32 Å². The van der Waals surface area contributed by atoms with Gasteiger partial charge in [0.15, 0.2) is 11.6 Å². The zero-order chi connectivity index (χ0) is 15.7. The summed E-state index contributed by atoms with van der Waals surface area (Å²) in [5.74, 6) is -1.66. The minimum Gasteiger partial charge on any atom is -0.345 e. The number of hydrogen-bond acceptors (Lipinski definition) is 2. The van der Waals surface area contributed by atoms with Crippen molar-refractivity contribution in [1.29, 1.82) is 0 Å². The van der Waals surface area contributed by atoms with Crippen molar-refractivity contribution in [3.05, 3.63) is 52.6 Å². The van der Waals surface area contributed by atoms with Crippen LogP contribution in [0.15, 0.2) is 18.2 Å². The number of aryl methyl sites for hydroxylation is 1. The van der Waals surface area contributed by atoms with Crippen LogP contribution in [0.5, 0.6) is 0 Å². The number of halogens is 2. The Labute approximate surface area is 127 Å². The third-order valence-electron chi connectivity index (χ3n) is 4.06. The maximum Gasteiger partial charge on any atom is 0.251 e. The molecular formula is C16H17F2N3O. The van der Waals surface area contributed by atoms with E-state index in [1.807, 2.05) is 11.6 Å². The summed E-state index contributed by atoms with van der Waals surface area (Å²) in [4.78, 5) is 16.6. The van der Waals surface area contributed by atoms with Crippen LogP contribution >= 0.6 is 0 Å². The van der Waals surface area contributed by atoms with E-state index in [0.717, 1.165) is 49.3 Å². The molecule has 6 heteroatoms. The SMILES string of the molecule is Cn1c(CNC(=O)c2ccc(F)c(F)c2)nc2c1CCCC2. The lowest BCUT2D eigenvalue weighted by Crippen LogP contribution is -2.24. The van der Waals surface area contributed by atoms with Crippen LogP contribution in [0.2, 0.25) is 0 Å².